The Balaban J connectivity index is 1.27. The van der Waals surface area contributed by atoms with Crippen molar-refractivity contribution < 1.29 is 9.32 Å². The average molecular weight is 349 g/mol. The Morgan fingerprint density at radius 3 is 2.96 bits per heavy atom. The van der Waals surface area contributed by atoms with Crippen LogP contribution in [0.1, 0.15) is 37.5 Å². The lowest BCUT2D eigenvalue weighted by Gasteiger charge is -2.37. The molecular weight excluding hydrogens is 330 g/mol. The van der Waals surface area contributed by atoms with Gasteiger partial charge >= 0.3 is 0 Å². The molecule has 23 heavy (non-hydrogen) atoms. The lowest BCUT2D eigenvalue weighted by Crippen LogP contribution is -2.49. The van der Waals surface area contributed by atoms with Crippen molar-refractivity contribution in [2.75, 3.05) is 18.8 Å². The summed E-state index contributed by atoms with van der Waals surface area (Å²) >= 11 is 3.44. The first-order chi connectivity index (χ1) is 11.3. The minimum absolute atomic E-state index is 0.190. The molecule has 1 saturated heterocycles. The van der Waals surface area contributed by atoms with E-state index in [1.165, 1.54) is 25.7 Å². The van der Waals surface area contributed by atoms with E-state index in [-0.39, 0.29) is 11.8 Å². The van der Waals surface area contributed by atoms with Crippen LogP contribution in [0.15, 0.2) is 21.3 Å². The van der Waals surface area contributed by atoms with Gasteiger partial charge in [-0.1, -0.05) is 18.0 Å². The van der Waals surface area contributed by atoms with E-state index in [1.54, 1.807) is 11.3 Å². The van der Waals surface area contributed by atoms with Crippen LogP contribution in [0.2, 0.25) is 0 Å². The van der Waals surface area contributed by atoms with Crippen LogP contribution >= 0.6 is 23.1 Å². The number of thiophene rings is 1. The summed E-state index contributed by atoms with van der Waals surface area (Å²) in [6.07, 6.45) is 5.18. The van der Waals surface area contributed by atoms with Gasteiger partial charge in [0.05, 0.1) is 11.7 Å². The first-order valence-corrected chi connectivity index (χ1v) is 10.0. The topological polar surface area (TPSA) is 59.2 Å². The molecule has 2 aromatic heterocycles. The molecule has 1 aliphatic heterocycles. The zero-order chi connectivity index (χ0) is 15.6. The monoisotopic (exact) mass is 349 g/mol. The van der Waals surface area contributed by atoms with E-state index in [2.05, 4.69) is 10.1 Å². The Kier molecular flexibility index (Phi) is 4.39. The maximum Gasteiger partial charge on any atom is 0.233 e. The highest BCUT2D eigenvalue weighted by Gasteiger charge is 2.35. The van der Waals surface area contributed by atoms with Crippen LogP contribution in [-0.4, -0.2) is 45.0 Å². The molecule has 5 nitrogen and oxygen atoms in total. The Morgan fingerprint density at radius 2 is 2.22 bits per heavy atom. The number of nitrogens with zero attached hydrogens (tertiary/aromatic N) is 3. The lowest BCUT2D eigenvalue weighted by molar-refractivity contribution is -0.133. The second-order valence-corrected chi connectivity index (χ2v) is 8.25. The van der Waals surface area contributed by atoms with Crippen LogP contribution in [0.25, 0.3) is 11.4 Å². The van der Waals surface area contributed by atoms with Gasteiger partial charge in [-0.3, -0.25) is 4.79 Å². The van der Waals surface area contributed by atoms with Gasteiger partial charge in [-0.15, -0.1) is 11.8 Å². The number of thioether (sulfide) groups is 1. The summed E-state index contributed by atoms with van der Waals surface area (Å²) in [7, 11) is 0. The van der Waals surface area contributed by atoms with Gasteiger partial charge in [0.2, 0.25) is 17.6 Å². The highest BCUT2D eigenvalue weighted by molar-refractivity contribution is 8.00. The third-order valence-corrected chi connectivity index (χ3v) is 6.59. The van der Waals surface area contributed by atoms with Gasteiger partial charge in [-0.25, -0.2) is 0 Å². The zero-order valence-corrected chi connectivity index (χ0v) is 14.4. The molecule has 1 amide bonds. The van der Waals surface area contributed by atoms with Gasteiger partial charge in [0, 0.05) is 29.3 Å². The number of aromatic nitrogens is 2. The molecule has 3 heterocycles. The average Bonchev–Trinajstić information content (AvgIpc) is 3.24. The van der Waals surface area contributed by atoms with Crippen molar-refractivity contribution in [1.29, 1.82) is 0 Å². The standard InChI is InChI=1S/C16H19N3O2S2/c20-14(10-23-13-3-1-2-4-13)19-7-12(8-19)16-17-15(18-21-16)11-5-6-22-9-11/h5-6,9,12-13H,1-4,7-8,10H2. The predicted octanol–water partition coefficient (Wildman–Crippen LogP) is 3.40. The number of amides is 1. The molecule has 0 spiro atoms. The van der Waals surface area contributed by atoms with Crippen LogP contribution in [0.5, 0.6) is 0 Å². The van der Waals surface area contributed by atoms with E-state index in [4.69, 9.17) is 4.52 Å². The maximum atomic E-state index is 12.2. The second kappa shape index (κ2) is 6.65. The number of carbonyl (C=O) groups excluding carboxylic acids is 1. The van der Waals surface area contributed by atoms with E-state index in [9.17, 15) is 4.79 Å². The molecule has 0 N–H and O–H groups in total. The Bertz CT molecular complexity index is 659. The molecule has 0 radical (unpaired) electrons. The second-order valence-electron chi connectivity index (χ2n) is 6.18. The van der Waals surface area contributed by atoms with Crippen molar-refractivity contribution in [3.05, 3.63) is 22.7 Å². The molecule has 0 bridgehead atoms. The Labute approximate surface area is 143 Å². The molecule has 122 valence electrons. The van der Waals surface area contributed by atoms with Crippen molar-refractivity contribution in [1.82, 2.24) is 15.0 Å². The molecule has 0 aromatic carbocycles. The fourth-order valence-corrected chi connectivity index (χ4v) is 4.95. The molecule has 2 aliphatic rings. The normalized spacial score (nSPS) is 19.2. The minimum atomic E-state index is 0.190. The molecule has 4 rings (SSSR count). The van der Waals surface area contributed by atoms with E-state index < -0.39 is 0 Å². The van der Waals surface area contributed by atoms with Crippen molar-refractivity contribution in [3.63, 3.8) is 0 Å². The van der Waals surface area contributed by atoms with Crippen LogP contribution in [0.3, 0.4) is 0 Å². The SMILES string of the molecule is O=C(CSC1CCCC1)N1CC(c2nc(-c3ccsc3)no2)C1. The number of likely N-dealkylation sites (tertiary alicyclic amines) is 1. The smallest absolute Gasteiger partial charge is 0.233 e. The summed E-state index contributed by atoms with van der Waals surface area (Å²) in [5, 5.41) is 8.73. The number of hydrogen-bond acceptors (Lipinski definition) is 6. The van der Waals surface area contributed by atoms with E-state index in [1.807, 2.05) is 33.5 Å². The third-order valence-electron chi connectivity index (χ3n) is 4.55. The fourth-order valence-electron chi connectivity index (χ4n) is 3.08. The van der Waals surface area contributed by atoms with Gasteiger partial charge in [0.25, 0.3) is 0 Å². The number of hydrogen-bond donors (Lipinski definition) is 0. The van der Waals surface area contributed by atoms with Crippen molar-refractivity contribution in [3.8, 4) is 11.4 Å². The molecule has 0 atom stereocenters. The highest BCUT2D eigenvalue weighted by Crippen LogP contribution is 2.32. The summed E-state index contributed by atoms with van der Waals surface area (Å²) in [6, 6.07) is 1.98. The number of rotatable bonds is 5. The molecule has 2 fully saturated rings. The van der Waals surface area contributed by atoms with E-state index >= 15 is 0 Å². The van der Waals surface area contributed by atoms with Crippen LogP contribution in [-0.2, 0) is 4.79 Å². The van der Waals surface area contributed by atoms with Crippen molar-refractivity contribution in [2.45, 2.75) is 36.9 Å². The summed E-state index contributed by atoms with van der Waals surface area (Å²) in [5.74, 6) is 2.34. The van der Waals surface area contributed by atoms with Gasteiger partial charge < -0.3 is 9.42 Å². The van der Waals surface area contributed by atoms with Gasteiger partial charge in [-0.05, 0) is 24.3 Å². The summed E-state index contributed by atoms with van der Waals surface area (Å²) < 4.78 is 5.36. The molecule has 2 aromatic rings. The quantitative estimate of drug-likeness (QED) is 0.828. The van der Waals surface area contributed by atoms with Crippen molar-refractivity contribution in [2.24, 2.45) is 0 Å². The summed E-state index contributed by atoms with van der Waals surface area (Å²) in [6.45, 7) is 1.41. The van der Waals surface area contributed by atoms with Crippen LogP contribution < -0.4 is 0 Å². The molecule has 7 heteroatoms. The summed E-state index contributed by atoms with van der Waals surface area (Å²) in [5.41, 5.74) is 0.991. The predicted molar refractivity (Wildman–Crippen MR) is 91.6 cm³/mol. The van der Waals surface area contributed by atoms with Gasteiger partial charge in [-0.2, -0.15) is 16.3 Å². The summed E-state index contributed by atoms with van der Waals surface area (Å²) in [4.78, 5) is 18.6. The van der Waals surface area contributed by atoms with Gasteiger partial charge in [0.1, 0.15) is 0 Å². The minimum Gasteiger partial charge on any atom is -0.340 e. The molecule has 0 unspecified atom stereocenters. The highest BCUT2D eigenvalue weighted by atomic mass is 32.2. The third kappa shape index (κ3) is 3.30. The van der Waals surface area contributed by atoms with Crippen molar-refractivity contribution >= 4 is 29.0 Å². The Morgan fingerprint density at radius 1 is 1.39 bits per heavy atom. The van der Waals surface area contributed by atoms with E-state index in [0.29, 0.717) is 35.8 Å². The first kappa shape index (κ1) is 15.2. The van der Waals surface area contributed by atoms with Crippen LogP contribution in [0, 0.1) is 0 Å². The Hall–Kier alpha value is -1.34. The fraction of sp³-hybridized carbons (Fsp3) is 0.562. The van der Waals surface area contributed by atoms with E-state index in [0.717, 1.165) is 5.56 Å². The maximum absolute atomic E-state index is 12.2. The number of carbonyl (C=O) groups is 1. The molecular formula is C16H19N3O2S2. The largest absolute Gasteiger partial charge is 0.340 e. The lowest BCUT2D eigenvalue weighted by atomic mass is 10.0. The molecule has 1 aliphatic carbocycles. The van der Waals surface area contributed by atoms with Crippen LogP contribution in [0.4, 0.5) is 0 Å². The van der Waals surface area contributed by atoms with Gasteiger partial charge in [0.15, 0.2) is 0 Å². The first-order valence-electron chi connectivity index (χ1n) is 8.05. The molecule has 1 saturated carbocycles. The zero-order valence-electron chi connectivity index (χ0n) is 12.8.